The van der Waals surface area contributed by atoms with Gasteiger partial charge in [-0.15, -0.1) is 0 Å². The molecule has 1 aromatic rings. The highest BCUT2D eigenvalue weighted by atomic mass is 19.4. The summed E-state index contributed by atoms with van der Waals surface area (Å²) in [6.45, 7) is 6.44. The van der Waals surface area contributed by atoms with Crippen LogP contribution in [0.5, 0.6) is 0 Å². The monoisotopic (exact) mass is 358 g/mol. The summed E-state index contributed by atoms with van der Waals surface area (Å²) in [4.78, 5) is 23.9. The van der Waals surface area contributed by atoms with E-state index in [1.807, 2.05) is 0 Å². The fourth-order valence-corrected chi connectivity index (χ4v) is 2.28. The number of hydrogen-bond donors (Lipinski definition) is 1. The lowest BCUT2D eigenvalue weighted by atomic mass is 9.85. The summed E-state index contributed by atoms with van der Waals surface area (Å²) >= 11 is 0. The van der Waals surface area contributed by atoms with Gasteiger partial charge in [-0.25, -0.2) is 0 Å². The van der Waals surface area contributed by atoms with E-state index in [1.165, 1.54) is 18.2 Å². The van der Waals surface area contributed by atoms with Crippen LogP contribution in [0.15, 0.2) is 36.4 Å². The van der Waals surface area contributed by atoms with E-state index in [9.17, 15) is 27.9 Å². The first-order valence-corrected chi connectivity index (χ1v) is 7.62. The summed E-state index contributed by atoms with van der Waals surface area (Å²) in [7, 11) is 0. The molecular formula is C18H21F3O4. The third-order valence-electron chi connectivity index (χ3n) is 3.31. The van der Waals surface area contributed by atoms with Gasteiger partial charge in [0.2, 0.25) is 0 Å². The Kier molecular flexibility index (Phi) is 6.40. The van der Waals surface area contributed by atoms with E-state index < -0.39 is 41.1 Å². The van der Waals surface area contributed by atoms with Crippen LogP contribution in [0.3, 0.4) is 0 Å². The van der Waals surface area contributed by atoms with Crippen molar-refractivity contribution >= 4 is 11.9 Å². The molecule has 0 spiro atoms. The van der Waals surface area contributed by atoms with Crippen molar-refractivity contribution in [1.29, 1.82) is 0 Å². The van der Waals surface area contributed by atoms with E-state index in [1.54, 1.807) is 33.8 Å². The highest BCUT2D eigenvalue weighted by Gasteiger charge is 2.38. The molecule has 4 nitrogen and oxygen atoms in total. The van der Waals surface area contributed by atoms with Crippen molar-refractivity contribution in [3.8, 4) is 0 Å². The van der Waals surface area contributed by atoms with Gasteiger partial charge in [0.25, 0.3) is 0 Å². The van der Waals surface area contributed by atoms with E-state index in [0.29, 0.717) is 0 Å². The van der Waals surface area contributed by atoms with Crippen molar-refractivity contribution in [2.45, 2.75) is 45.4 Å². The van der Waals surface area contributed by atoms with Crippen molar-refractivity contribution in [1.82, 2.24) is 0 Å². The van der Waals surface area contributed by atoms with E-state index in [0.717, 1.165) is 12.1 Å². The second kappa shape index (κ2) is 7.72. The number of benzene rings is 1. The molecule has 0 aliphatic rings. The standard InChI is InChI=1S/C18H21F3O4/c1-5-6-13(11-7-9-12(10-8-11)18(19,20)21)14(15(22)23)16(24)25-17(2,3)4/h5-10,13-14H,1-4H3,(H,22,23)/b6-5+. The molecule has 2 unspecified atom stereocenters. The first kappa shape index (κ1) is 20.7. The number of halogens is 3. The van der Waals surface area contributed by atoms with E-state index in [-0.39, 0.29) is 5.56 Å². The Bertz CT molecular complexity index is 640. The number of carboxylic acid groups (broad SMARTS) is 1. The fraction of sp³-hybridized carbons (Fsp3) is 0.444. The summed E-state index contributed by atoms with van der Waals surface area (Å²) in [6, 6.07) is 4.07. The topological polar surface area (TPSA) is 63.6 Å². The van der Waals surface area contributed by atoms with Crippen LogP contribution in [0.2, 0.25) is 0 Å². The predicted octanol–water partition coefficient (Wildman–Crippen LogP) is 4.41. The minimum absolute atomic E-state index is 0.282. The number of aliphatic carboxylic acids is 1. The number of alkyl halides is 3. The zero-order valence-corrected chi connectivity index (χ0v) is 14.4. The largest absolute Gasteiger partial charge is 0.481 e. The maximum atomic E-state index is 12.7. The Morgan fingerprint density at radius 3 is 2.00 bits per heavy atom. The smallest absolute Gasteiger partial charge is 0.416 e. The number of carbonyl (C=O) groups is 2. The molecule has 0 saturated heterocycles. The SMILES string of the molecule is C/C=C/C(c1ccc(C(F)(F)F)cc1)C(C(=O)O)C(=O)OC(C)(C)C. The number of allylic oxidation sites excluding steroid dienone is 2. The molecule has 25 heavy (non-hydrogen) atoms. The van der Waals surface area contributed by atoms with E-state index >= 15 is 0 Å². The number of rotatable bonds is 5. The lowest BCUT2D eigenvalue weighted by Gasteiger charge is -2.26. The maximum absolute atomic E-state index is 12.7. The van der Waals surface area contributed by atoms with Gasteiger partial charge in [-0.2, -0.15) is 13.2 Å². The Labute approximate surface area is 144 Å². The number of esters is 1. The number of hydrogen-bond acceptors (Lipinski definition) is 3. The summed E-state index contributed by atoms with van der Waals surface area (Å²) in [5.74, 6) is -4.85. The third kappa shape index (κ3) is 5.92. The van der Waals surface area contributed by atoms with Gasteiger partial charge in [0.15, 0.2) is 5.92 Å². The van der Waals surface area contributed by atoms with Gasteiger partial charge in [-0.3, -0.25) is 9.59 Å². The molecule has 1 rings (SSSR count). The molecule has 0 heterocycles. The van der Waals surface area contributed by atoms with Gasteiger partial charge < -0.3 is 9.84 Å². The second-order valence-corrected chi connectivity index (χ2v) is 6.52. The molecule has 0 radical (unpaired) electrons. The van der Waals surface area contributed by atoms with Gasteiger partial charge >= 0.3 is 18.1 Å². The molecule has 2 atom stereocenters. The molecule has 0 amide bonds. The van der Waals surface area contributed by atoms with E-state index in [4.69, 9.17) is 4.74 Å². The van der Waals surface area contributed by atoms with Crippen molar-refractivity contribution in [3.63, 3.8) is 0 Å². The molecule has 0 aliphatic carbocycles. The van der Waals surface area contributed by atoms with Gasteiger partial charge in [-0.05, 0) is 45.4 Å². The molecule has 1 N–H and O–H groups in total. The van der Waals surface area contributed by atoms with Crippen LogP contribution < -0.4 is 0 Å². The average molecular weight is 358 g/mol. The summed E-state index contributed by atoms with van der Waals surface area (Å²) in [5, 5.41) is 9.47. The Morgan fingerprint density at radius 1 is 1.12 bits per heavy atom. The van der Waals surface area contributed by atoms with Crippen LogP contribution in [0.4, 0.5) is 13.2 Å². The quantitative estimate of drug-likeness (QED) is 0.481. The zero-order chi connectivity index (χ0) is 19.4. The molecule has 0 saturated carbocycles. The predicted molar refractivity (Wildman–Crippen MR) is 86.0 cm³/mol. The highest BCUT2D eigenvalue weighted by molar-refractivity contribution is 5.95. The Hall–Kier alpha value is -2.31. The van der Waals surface area contributed by atoms with Crippen molar-refractivity contribution in [2.75, 3.05) is 0 Å². The van der Waals surface area contributed by atoms with E-state index in [2.05, 4.69) is 0 Å². The average Bonchev–Trinajstić information content (AvgIpc) is 2.43. The van der Waals surface area contributed by atoms with Gasteiger partial charge in [0.05, 0.1) is 5.56 Å². The lowest BCUT2D eigenvalue weighted by molar-refractivity contribution is -0.167. The molecular weight excluding hydrogens is 337 g/mol. The minimum Gasteiger partial charge on any atom is -0.481 e. The van der Waals surface area contributed by atoms with Crippen LogP contribution >= 0.6 is 0 Å². The van der Waals surface area contributed by atoms with Crippen LogP contribution in [-0.2, 0) is 20.5 Å². The summed E-state index contributed by atoms with van der Waals surface area (Å²) in [6.07, 6.45) is -1.49. The van der Waals surface area contributed by atoms with Crippen LogP contribution in [0.25, 0.3) is 0 Å². The van der Waals surface area contributed by atoms with Gasteiger partial charge in [0, 0.05) is 5.92 Å². The first-order valence-electron chi connectivity index (χ1n) is 7.62. The first-order chi connectivity index (χ1) is 11.4. The summed E-state index contributed by atoms with van der Waals surface area (Å²) < 4.78 is 43.2. The fourth-order valence-electron chi connectivity index (χ4n) is 2.28. The van der Waals surface area contributed by atoms with Gasteiger partial charge in [-0.1, -0.05) is 24.3 Å². The van der Waals surface area contributed by atoms with Crippen molar-refractivity contribution < 1.29 is 32.6 Å². The van der Waals surface area contributed by atoms with Crippen LogP contribution in [0.1, 0.15) is 44.7 Å². The molecule has 0 aliphatic heterocycles. The molecule has 0 fully saturated rings. The molecule has 1 aromatic carbocycles. The zero-order valence-electron chi connectivity index (χ0n) is 14.4. The number of carboxylic acids is 1. The highest BCUT2D eigenvalue weighted by Crippen LogP contribution is 2.33. The molecule has 0 aromatic heterocycles. The molecule has 0 bridgehead atoms. The van der Waals surface area contributed by atoms with Crippen LogP contribution in [0, 0.1) is 5.92 Å². The maximum Gasteiger partial charge on any atom is 0.416 e. The van der Waals surface area contributed by atoms with Crippen molar-refractivity contribution in [2.24, 2.45) is 5.92 Å². The minimum atomic E-state index is -4.49. The Balaban J connectivity index is 3.26. The lowest BCUT2D eigenvalue weighted by Crippen LogP contribution is -2.36. The Morgan fingerprint density at radius 2 is 1.64 bits per heavy atom. The normalized spacial score (nSPS) is 15.0. The van der Waals surface area contributed by atoms with Crippen LogP contribution in [-0.4, -0.2) is 22.6 Å². The summed E-state index contributed by atoms with van der Waals surface area (Å²) in [5.41, 5.74) is -1.45. The molecule has 138 valence electrons. The van der Waals surface area contributed by atoms with Crippen molar-refractivity contribution in [3.05, 3.63) is 47.5 Å². The second-order valence-electron chi connectivity index (χ2n) is 6.52. The van der Waals surface area contributed by atoms with Gasteiger partial charge in [0.1, 0.15) is 5.60 Å². The third-order valence-corrected chi connectivity index (χ3v) is 3.31. The number of carbonyl (C=O) groups excluding carboxylic acids is 1. The molecule has 7 heteroatoms. The number of ether oxygens (including phenoxy) is 1.